The van der Waals surface area contributed by atoms with E-state index in [0.717, 1.165) is 12.0 Å². The van der Waals surface area contributed by atoms with Crippen LogP contribution in [0.25, 0.3) is 0 Å². The molecule has 1 nitrogen and oxygen atoms in total. The Morgan fingerprint density at radius 3 is 2.61 bits per heavy atom. The molecule has 1 aromatic carbocycles. The molecule has 18 heavy (non-hydrogen) atoms. The Hall–Kier alpha value is -0.820. The summed E-state index contributed by atoms with van der Waals surface area (Å²) < 4.78 is 0. The summed E-state index contributed by atoms with van der Waals surface area (Å²) in [5.74, 6) is 0.946. The van der Waals surface area contributed by atoms with Gasteiger partial charge in [-0.15, -0.1) is 0 Å². The number of aryl methyl sites for hydroxylation is 1. The molecule has 1 saturated carbocycles. The summed E-state index contributed by atoms with van der Waals surface area (Å²) in [6.07, 6.45) is 9.51. The third kappa shape index (κ3) is 2.61. The van der Waals surface area contributed by atoms with E-state index in [-0.39, 0.29) is 0 Å². The van der Waals surface area contributed by atoms with Gasteiger partial charge in [-0.25, -0.2) is 0 Å². The fourth-order valence-corrected chi connectivity index (χ4v) is 3.64. The van der Waals surface area contributed by atoms with Crippen LogP contribution in [-0.4, -0.2) is 6.04 Å². The third-order valence-electron chi connectivity index (χ3n) is 4.82. The van der Waals surface area contributed by atoms with E-state index in [9.17, 15) is 0 Å². The smallest absolute Gasteiger partial charge is 0.0325 e. The summed E-state index contributed by atoms with van der Waals surface area (Å²) in [5.41, 5.74) is 3.15. The molecule has 2 aliphatic carbocycles. The lowest BCUT2D eigenvalue weighted by Crippen LogP contribution is -2.37. The van der Waals surface area contributed by atoms with Gasteiger partial charge in [-0.1, -0.05) is 31.2 Å². The summed E-state index contributed by atoms with van der Waals surface area (Å²) in [6, 6.07) is 10.4. The van der Waals surface area contributed by atoms with E-state index in [2.05, 4.69) is 36.5 Å². The largest absolute Gasteiger partial charge is 0.307 e. The molecular formula is C17H25N. The van der Waals surface area contributed by atoms with Crippen LogP contribution in [0, 0.1) is 5.92 Å². The van der Waals surface area contributed by atoms with E-state index < -0.39 is 0 Å². The van der Waals surface area contributed by atoms with Crippen molar-refractivity contribution in [1.82, 2.24) is 5.32 Å². The molecule has 1 N–H and O–H groups in total. The summed E-state index contributed by atoms with van der Waals surface area (Å²) >= 11 is 0. The summed E-state index contributed by atoms with van der Waals surface area (Å²) in [4.78, 5) is 0. The second-order valence-corrected chi connectivity index (χ2v) is 6.27. The van der Waals surface area contributed by atoms with Crippen molar-refractivity contribution in [1.29, 1.82) is 0 Å². The fraction of sp³-hybridized carbons (Fsp3) is 0.647. The molecular weight excluding hydrogens is 218 g/mol. The van der Waals surface area contributed by atoms with Gasteiger partial charge in [0.25, 0.3) is 0 Å². The fourth-order valence-electron chi connectivity index (χ4n) is 3.64. The van der Waals surface area contributed by atoms with Gasteiger partial charge in [0.2, 0.25) is 0 Å². The molecule has 2 aliphatic rings. The maximum absolute atomic E-state index is 3.93. The van der Waals surface area contributed by atoms with Crippen molar-refractivity contribution in [3.05, 3.63) is 35.4 Å². The predicted octanol–water partition coefficient (Wildman–Crippen LogP) is 4.23. The van der Waals surface area contributed by atoms with Crippen LogP contribution < -0.4 is 5.32 Å². The minimum atomic E-state index is 0.619. The molecule has 0 spiro atoms. The highest BCUT2D eigenvalue weighted by Gasteiger charge is 2.24. The number of fused-ring (bicyclic) bond motifs is 1. The Bertz CT molecular complexity index is 390. The first-order chi connectivity index (χ1) is 8.83. The average molecular weight is 243 g/mol. The van der Waals surface area contributed by atoms with E-state index in [1.165, 1.54) is 44.9 Å². The standard InChI is InChI=1S/C17H25N/c1-13-9-11-15(12-10-13)18-17-8-4-6-14-5-2-3-7-16(14)17/h2-3,5,7,13,15,17-18H,4,6,8-12H2,1H3. The van der Waals surface area contributed by atoms with E-state index in [4.69, 9.17) is 0 Å². The zero-order chi connectivity index (χ0) is 12.4. The SMILES string of the molecule is CC1CCC(NC2CCCc3ccccc32)CC1. The summed E-state index contributed by atoms with van der Waals surface area (Å²) in [6.45, 7) is 2.39. The van der Waals surface area contributed by atoms with E-state index in [1.54, 1.807) is 11.1 Å². The number of rotatable bonds is 2. The van der Waals surface area contributed by atoms with Crippen molar-refractivity contribution in [3.63, 3.8) is 0 Å². The van der Waals surface area contributed by atoms with E-state index >= 15 is 0 Å². The molecule has 0 radical (unpaired) electrons. The molecule has 1 aromatic rings. The lowest BCUT2D eigenvalue weighted by molar-refractivity contribution is 0.277. The monoisotopic (exact) mass is 243 g/mol. The minimum Gasteiger partial charge on any atom is -0.307 e. The maximum Gasteiger partial charge on any atom is 0.0325 e. The van der Waals surface area contributed by atoms with Crippen molar-refractivity contribution in [2.45, 2.75) is 64.0 Å². The maximum atomic E-state index is 3.93. The second kappa shape index (κ2) is 5.44. The van der Waals surface area contributed by atoms with Gasteiger partial charge >= 0.3 is 0 Å². The van der Waals surface area contributed by atoms with E-state index in [1.807, 2.05) is 0 Å². The molecule has 1 unspecified atom stereocenters. The highest BCUT2D eigenvalue weighted by atomic mass is 15.0. The highest BCUT2D eigenvalue weighted by Crippen LogP contribution is 2.32. The van der Waals surface area contributed by atoms with Crippen LogP contribution in [0.15, 0.2) is 24.3 Å². The minimum absolute atomic E-state index is 0.619. The zero-order valence-electron chi connectivity index (χ0n) is 11.5. The molecule has 98 valence electrons. The van der Waals surface area contributed by atoms with Crippen molar-refractivity contribution in [2.24, 2.45) is 5.92 Å². The Morgan fingerprint density at radius 1 is 1.00 bits per heavy atom. The third-order valence-corrected chi connectivity index (χ3v) is 4.82. The number of nitrogens with one attached hydrogen (secondary N) is 1. The number of benzene rings is 1. The van der Waals surface area contributed by atoms with Crippen LogP contribution in [0.1, 0.15) is 62.6 Å². The summed E-state index contributed by atoms with van der Waals surface area (Å²) in [7, 11) is 0. The first-order valence-electron chi connectivity index (χ1n) is 7.67. The quantitative estimate of drug-likeness (QED) is 0.819. The molecule has 0 aliphatic heterocycles. The van der Waals surface area contributed by atoms with Gasteiger partial charge in [0, 0.05) is 12.1 Å². The highest BCUT2D eigenvalue weighted by molar-refractivity contribution is 5.32. The molecule has 0 heterocycles. The Labute approximate surface area is 111 Å². The molecule has 0 aromatic heterocycles. The molecule has 0 amide bonds. The van der Waals surface area contributed by atoms with Crippen molar-refractivity contribution in [3.8, 4) is 0 Å². The van der Waals surface area contributed by atoms with Gasteiger partial charge in [0.15, 0.2) is 0 Å². The predicted molar refractivity (Wildman–Crippen MR) is 76.7 cm³/mol. The van der Waals surface area contributed by atoms with Gasteiger partial charge in [-0.3, -0.25) is 0 Å². The van der Waals surface area contributed by atoms with Crippen LogP contribution in [0.3, 0.4) is 0 Å². The second-order valence-electron chi connectivity index (χ2n) is 6.27. The van der Waals surface area contributed by atoms with Gasteiger partial charge in [-0.05, 0) is 62.0 Å². The molecule has 1 fully saturated rings. The Morgan fingerprint density at radius 2 is 1.78 bits per heavy atom. The van der Waals surface area contributed by atoms with Crippen LogP contribution in [-0.2, 0) is 6.42 Å². The van der Waals surface area contributed by atoms with Crippen LogP contribution in [0.2, 0.25) is 0 Å². The molecule has 1 atom stereocenters. The van der Waals surface area contributed by atoms with Crippen molar-refractivity contribution in [2.75, 3.05) is 0 Å². The van der Waals surface area contributed by atoms with Gasteiger partial charge in [-0.2, -0.15) is 0 Å². The number of hydrogen-bond acceptors (Lipinski definition) is 1. The van der Waals surface area contributed by atoms with Crippen molar-refractivity contribution >= 4 is 0 Å². The van der Waals surface area contributed by atoms with Crippen molar-refractivity contribution < 1.29 is 0 Å². The normalized spacial score (nSPS) is 31.9. The molecule has 0 saturated heterocycles. The summed E-state index contributed by atoms with van der Waals surface area (Å²) in [5, 5.41) is 3.93. The van der Waals surface area contributed by atoms with Crippen LogP contribution in [0.5, 0.6) is 0 Å². The lowest BCUT2D eigenvalue weighted by atomic mass is 9.84. The number of hydrogen-bond donors (Lipinski definition) is 1. The van der Waals surface area contributed by atoms with E-state index in [0.29, 0.717) is 6.04 Å². The molecule has 0 bridgehead atoms. The first-order valence-corrected chi connectivity index (χ1v) is 7.67. The van der Waals surface area contributed by atoms with Crippen LogP contribution >= 0.6 is 0 Å². The topological polar surface area (TPSA) is 12.0 Å². The Kier molecular flexibility index (Phi) is 3.69. The zero-order valence-corrected chi connectivity index (χ0v) is 11.5. The average Bonchev–Trinajstić information content (AvgIpc) is 2.42. The lowest BCUT2D eigenvalue weighted by Gasteiger charge is -2.33. The Balaban J connectivity index is 1.67. The van der Waals surface area contributed by atoms with Gasteiger partial charge in [0.05, 0.1) is 0 Å². The van der Waals surface area contributed by atoms with Crippen LogP contribution in [0.4, 0.5) is 0 Å². The molecule has 1 heteroatoms. The van der Waals surface area contributed by atoms with Gasteiger partial charge < -0.3 is 5.32 Å². The van der Waals surface area contributed by atoms with Gasteiger partial charge in [0.1, 0.15) is 0 Å². The first kappa shape index (κ1) is 12.2. The molecule has 3 rings (SSSR count).